The van der Waals surface area contributed by atoms with E-state index in [1.54, 1.807) is 18.3 Å². The lowest BCUT2D eigenvalue weighted by atomic mass is 10.2. The normalized spacial score (nSPS) is 10.3. The van der Waals surface area contributed by atoms with E-state index in [1.807, 2.05) is 0 Å². The summed E-state index contributed by atoms with van der Waals surface area (Å²) in [5, 5.41) is 2.61. The van der Waals surface area contributed by atoms with Crippen LogP contribution in [0.15, 0.2) is 24.5 Å². The first-order valence-electron chi connectivity index (χ1n) is 6.91. The molecule has 2 rings (SSSR count). The summed E-state index contributed by atoms with van der Waals surface area (Å²) in [7, 11) is 0. The molecule has 7 nitrogen and oxygen atoms in total. The molecule has 2 aromatic heterocycles. The number of nitrogen functional groups attached to an aromatic ring is 1. The second kappa shape index (κ2) is 7.28. The van der Waals surface area contributed by atoms with Crippen molar-refractivity contribution < 1.29 is 4.79 Å². The molecule has 0 saturated carbocycles. The molecule has 0 unspecified atom stereocenters. The molecule has 21 heavy (non-hydrogen) atoms. The molecule has 0 spiro atoms. The fourth-order valence-corrected chi connectivity index (χ4v) is 1.81. The van der Waals surface area contributed by atoms with Crippen molar-refractivity contribution in [1.82, 2.24) is 19.9 Å². The largest absolute Gasteiger partial charge is 0.368 e. The van der Waals surface area contributed by atoms with Gasteiger partial charge in [0.25, 0.3) is 5.91 Å². The molecule has 7 heteroatoms. The van der Waals surface area contributed by atoms with Gasteiger partial charge in [0.05, 0.1) is 5.56 Å². The number of unbranched alkanes of at least 4 members (excludes halogenated alkanes) is 2. The minimum absolute atomic E-state index is 0.109. The van der Waals surface area contributed by atoms with Gasteiger partial charge in [-0.2, -0.15) is 15.0 Å². The average Bonchev–Trinajstić information content (AvgIpc) is 2.48. The highest BCUT2D eigenvalue weighted by molar-refractivity contribution is 6.03. The summed E-state index contributed by atoms with van der Waals surface area (Å²) < 4.78 is 0. The van der Waals surface area contributed by atoms with Crippen LogP contribution in [0.3, 0.4) is 0 Å². The molecule has 1 amide bonds. The van der Waals surface area contributed by atoms with Crippen LogP contribution in [0.1, 0.15) is 42.4 Å². The number of rotatable bonds is 6. The van der Waals surface area contributed by atoms with Crippen LogP contribution < -0.4 is 11.1 Å². The predicted octanol–water partition coefficient (Wildman–Crippen LogP) is 1.83. The lowest BCUT2D eigenvalue weighted by Gasteiger charge is -2.06. The average molecular weight is 286 g/mol. The standard InChI is InChI=1S/C14H18N6O/c1-2-3-4-7-11-17-13(15)20-14(18-11)19-12(21)10-6-5-8-16-9-10/h5-6,8-9H,2-4,7H2,1H3,(H3,15,17,18,19,20,21). The predicted molar refractivity (Wildman–Crippen MR) is 79.7 cm³/mol. The Labute approximate surface area is 123 Å². The van der Waals surface area contributed by atoms with Gasteiger partial charge >= 0.3 is 0 Å². The Morgan fingerprint density at radius 3 is 2.86 bits per heavy atom. The van der Waals surface area contributed by atoms with Crippen molar-refractivity contribution in [3.63, 3.8) is 0 Å². The number of carbonyl (C=O) groups is 1. The van der Waals surface area contributed by atoms with Crippen molar-refractivity contribution in [2.75, 3.05) is 11.1 Å². The van der Waals surface area contributed by atoms with Gasteiger partial charge in [-0.1, -0.05) is 19.8 Å². The summed E-state index contributed by atoms with van der Waals surface area (Å²) in [5.41, 5.74) is 6.09. The van der Waals surface area contributed by atoms with Crippen LogP contribution in [-0.2, 0) is 6.42 Å². The van der Waals surface area contributed by atoms with E-state index >= 15 is 0 Å². The van der Waals surface area contributed by atoms with E-state index in [2.05, 4.69) is 32.2 Å². The smallest absolute Gasteiger partial charge is 0.259 e. The molecule has 0 saturated heterocycles. The zero-order chi connectivity index (χ0) is 15.1. The molecule has 0 atom stereocenters. The summed E-state index contributed by atoms with van der Waals surface area (Å²) in [5.74, 6) is 0.548. The second-order valence-electron chi connectivity index (χ2n) is 4.59. The third-order valence-corrected chi connectivity index (χ3v) is 2.85. The van der Waals surface area contributed by atoms with Crippen molar-refractivity contribution in [2.24, 2.45) is 0 Å². The van der Waals surface area contributed by atoms with Crippen LogP contribution in [0.4, 0.5) is 11.9 Å². The minimum atomic E-state index is -0.326. The first kappa shape index (κ1) is 14.8. The quantitative estimate of drug-likeness (QED) is 0.784. The molecule has 2 aromatic rings. The number of nitrogens with one attached hydrogen (secondary N) is 1. The van der Waals surface area contributed by atoms with Gasteiger partial charge in [-0.3, -0.25) is 15.1 Å². The van der Waals surface area contributed by atoms with Crippen LogP contribution >= 0.6 is 0 Å². The van der Waals surface area contributed by atoms with Crippen molar-refractivity contribution in [2.45, 2.75) is 32.6 Å². The van der Waals surface area contributed by atoms with E-state index < -0.39 is 0 Å². The maximum absolute atomic E-state index is 12.0. The van der Waals surface area contributed by atoms with E-state index in [9.17, 15) is 4.79 Å². The van der Waals surface area contributed by atoms with E-state index in [4.69, 9.17) is 5.73 Å². The van der Waals surface area contributed by atoms with Crippen molar-refractivity contribution in [3.8, 4) is 0 Å². The Hall–Kier alpha value is -2.57. The van der Waals surface area contributed by atoms with Crippen LogP contribution in [0.5, 0.6) is 0 Å². The number of aryl methyl sites for hydroxylation is 1. The number of aromatic nitrogens is 4. The summed E-state index contributed by atoms with van der Waals surface area (Å²) in [4.78, 5) is 28.1. The molecular formula is C14H18N6O. The molecule has 0 fully saturated rings. The zero-order valence-electron chi connectivity index (χ0n) is 11.9. The van der Waals surface area contributed by atoms with Gasteiger partial charge in [0.15, 0.2) is 0 Å². The van der Waals surface area contributed by atoms with E-state index in [1.165, 1.54) is 6.20 Å². The molecular weight excluding hydrogens is 268 g/mol. The Morgan fingerprint density at radius 2 is 2.14 bits per heavy atom. The Balaban J connectivity index is 2.07. The molecule has 0 radical (unpaired) electrons. The van der Waals surface area contributed by atoms with E-state index in [-0.39, 0.29) is 17.8 Å². The van der Waals surface area contributed by atoms with Gasteiger partial charge < -0.3 is 5.73 Å². The Morgan fingerprint density at radius 1 is 1.29 bits per heavy atom. The van der Waals surface area contributed by atoms with Crippen LogP contribution in [-0.4, -0.2) is 25.8 Å². The SMILES string of the molecule is CCCCCc1nc(N)nc(NC(=O)c2cccnc2)n1. The van der Waals surface area contributed by atoms with Crippen LogP contribution in [0, 0.1) is 0 Å². The Kier molecular flexibility index (Phi) is 5.14. The highest BCUT2D eigenvalue weighted by Crippen LogP contribution is 2.08. The molecule has 0 bridgehead atoms. The topological polar surface area (TPSA) is 107 Å². The molecule has 0 aliphatic rings. The lowest BCUT2D eigenvalue weighted by molar-refractivity contribution is 0.102. The first-order chi connectivity index (χ1) is 10.2. The van der Waals surface area contributed by atoms with Gasteiger partial charge in [0.1, 0.15) is 5.82 Å². The number of amides is 1. The van der Waals surface area contributed by atoms with Crippen LogP contribution in [0.2, 0.25) is 0 Å². The van der Waals surface area contributed by atoms with Gasteiger partial charge in [-0.25, -0.2) is 0 Å². The maximum atomic E-state index is 12.0. The number of nitrogens with zero attached hydrogens (tertiary/aromatic N) is 4. The Bertz CT molecular complexity index is 602. The zero-order valence-corrected chi connectivity index (χ0v) is 11.9. The molecule has 3 N–H and O–H groups in total. The van der Waals surface area contributed by atoms with E-state index in [0.717, 1.165) is 25.7 Å². The summed E-state index contributed by atoms with van der Waals surface area (Å²) >= 11 is 0. The number of anilines is 2. The van der Waals surface area contributed by atoms with Gasteiger partial charge in [-0.15, -0.1) is 0 Å². The molecule has 110 valence electrons. The number of carbonyl (C=O) groups excluding carboxylic acids is 1. The van der Waals surface area contributed by atoms with Crippen molar-refractivity contribution in [3.05, 3.63) is 35.9 Å². The van der Waals surface area contributed by atoms with Gasteiger partial charge in [-0.05, 0) is 18.6 Å². The second-order valence-corrected chi connectivity index (χ2v) is 4.59. The molecule has 0 aliphatic heterocycles. The van der Waals surface area contributed by atoms with E-state index in [0.29, 0.717) is 11.4 Å². The third-order valence-electron chi connectivity index (χ3n) is 2.85. The molecule has 0 aromatic carbocycles. The number of hydrogen-bond acceptors (Lipinski definition) is 6. The van der Waals surface area contributed by atoms with Crippen molar-refractivity contribution in [1.29, 1.82) is 0 Å². The first-order valence-corrected chi connectivity index (χ1v) is 6.91. The summed E-state index contributed by atoms with van der Waals surface area (Å²) in [6, 6.07) is 3.35. The van der Waals surface area contributed by atoms with Crippen LogP contribution in [0.25, 0.3) is 0 Å². The monoisotopic (exact) mass is 286 g/mol. The lowest BCUT2D eigenvalue weighted by Crippen LogP contribution is -2.16. The van der Waals surface area contributed by atoms with Gasteiger partial charge in [0.2, 0.25) is 11.9 Å². The highest BCUT2D eigenvalue weighted by atomic mass is 16.1. The number of pyridine rings is 1. The number of nitrogens with two attached hydrogens (primary N) is 1. The number of hydrogen-bond donors (Lipinski definition) is 2. The third kappa shape index (κ3) is 4.48. The molecule has 0 aliphatic carbocycles. The fraction of sp³-hybridized carbons (Fsp3) is 0.357. The summed E-state index contributed by atoms with van der Waals surface area (Å²) in [6.07, 6.45) is 6.99. The minimum Gasteiger partial charge on any atom is -0.368 e. The highest BCUT2D eigenvalue weighted by Gasteiger charge is 2.10. The molecule has 2 heterocycles. The summed E-state index contributed by atoms with van der Waals surface area (Å²) in [6.45, 7) is 2.13. The van der Waals surface area contributed by atoms with Crippen molar-refractivity contribution >= 4 is 17.8 Å². The maximum Gasteiger partial charge on any atom is 0.259 e. The fourth-order valence-electron chi connectivity index (χ4n) is 1.81. The van der Waals surface area contributed by atoms with Gasteiger partial charge in [0, 0.05) is 18.8 Å².